The van der Waals surface area contributed by atoms with E-state index in [-0.39, 0.29) is 5.78 Å². The minimum Gasteiger partial charge on any atom is -0.334 e. The van der Waals surface area contributed by atoms with Crippen LogP contribution in [-0.2, 0) is 11.8 Å². The second kappa shape index (κ2) is 5.08. The summed E-state index contributed by atoms with van der Waals surface area (Å²) in [6, 6.07) is 5.18. The Kier molecular flexibility index (Phi) is 3.25. The number of ketones is 1. The molecule has 0 radical (unpaired) electrons. The van der Waals surface area contributed by atoms with E-state index in [2.05, 4.69) is 4.99 Å². The maximum atomic E-state index is 12.4. The van der Waals surface area contributed by atoms with E-state index in [0.29, 0.717) is 34.3 Å². The molecule has 23 heavy (non-hydrogen) atoms. The van der Waals surface area contributed by atoms with Crippen molar-refractivity contribution in [3.05, 3.63) is 49.8 Å². The van der Waals surface area contributed by atoms with Gasteiger partial charge in [-0.2, -0.15) is 4.74 Å². The molecule has 7 heteroatoms. The highest BCUT2D eigenvalue weighted by Gasteiger charge is 2.45. The first kappa shape index (κ1) is 14.7. The average Bonchev–Trinajstić information content (AvgIpc) is 3.02. The van der Waals surface area contributed by atoms with Crippen molar-refractivity contribution in [1.82, 2.24) is 4.74 Å². The third kappa shape index (κ3) is 2.11. The Morgan fingerprint density at radius 2 is 1.96 bits per heavy atom. The van der Waals surface area contributed by atoms with Crippen LogP contribution in [0.1, 0.15) is 29.9 Å². The van der Waals surface area contributed by atoms with E-state index >= 15 is 0 Å². The van der Waals surface area contributed by atoms with Gasteiger partial charge in [-0.1, -0.05) is 29.3 Å². The fourth-order valence-corrected chi connectivity index (χ4v) is 3.80. The molecule has 1 aromatic carbocycles. The molecule has 1 aliphatic heterocycles. The van der Waals surface area contributed by atoms with Crippen LogP contribution in [0.15, 0.2) is 32.5 Å². The summed E-state index contributed by atoms with van der Waals surface area (Å²) in [6.07, 6.45) is 1.06. The van der Waals surface area contributed by atoms with Crippen LogP contribution in [0, 0.1) is 5.92 Å². The highest BCUT2D eigenvalue weighted by atomic mass is 35.5. The average molecular weight is 351 g/mol. The van der Waals surface area contributed by atoms with E-state index in [1.54, 1.807) is 25.2 Å². The molecule has 0 saturated heterocycles. The molecule has 2 atom stereocenters. The third-order valence-corrected chi connectivity index (χ3v) is 5.25. The molecule has 2 unspecified atom stereocenters. The number of aryl methyl sites for hydroxylation is 1. The number of nitrogens with zero attached hydrogens (tertiary/aromatic N) is 2. The molecule has 118 valence electrons. The van der Waals surface area contributed by atoms with Crippen LogP contribution in [0.5, 0.6) is 0 Å². The fourth-order valence-electron chi connectivity index (χ4n) is 3.49. The van der Waals surface area contributed by atoms with Crippen molar-refractivity contribution in [3.63, 3.8) is 0 Å². The number of aromatic nitrogens is 1. The Hall–Kier alpha value is -1.85. The molecule has 0 spiro atoms. The number of fused-ring (bicyclic) bond motifs is 2. The maximum absolute atomic E-state index is 12.4. The van der Waals surface area contributed by atoms with Gasteiger partial charge in [-0.3, -0.25) is 4.79 Å². The maximum Gasteiger partial charge on any atom is 0.363 e. The van der Waals surface area contributed by atoms with Crippen molar-refractivity contribution in [3.8, 4) is 0 Å². The predicted molar refractivity (Wildman–Crippen MR) is 87.1 cm³/mol. The van der Waals surface area contributed by atoms with E-state index < -0.39 is 17.5 Å². The Balaban J connectivity index is 1.99. The summed E-state index contributed by atoms with van der Waals surface area (Å²) < 4.78 is 6.51. The molecule has 1 aliphatic carbocycles. The van der Waals surface area contributed by atoms with E-state index in [4.69, 9.17) is 27.7 Å². The highest BCUT2D eigenvalue weighted by Crippen LogP contribution is 2.45. The molecular weight excluding hydrogens is 339 g/mol. The molecule has 2 aliphatic rings. The monoisotopic (exact) mass is 350 g/mol. The van der Waals surface area contributed by atoms with Crippen molar-refractivity contribution in [2.24, 2.45) is 18.0 Å². The second-order valence-corrected chi connectivity index (χ2v) is 6.63. The highest BCUT2D eigenvalue weighted by molar-refractivity contribution is 6.42. The Labute approximate surface area is 141 Å². The number of Topliss-reactive ketones (excluding diaryl/α,β-unsaturated/α-hetero) is 1. The minimum absolute atomic E-state index is 0.0914. The number of rotatable bonds is 1. The van der Waals surface area contributed by atoms with Crippen molar-refractivity contribution in [1.29, 1.82) is 0 Å². The van der Waals surface area contributed by atoms with Gasteiger partial charge >= 0.3 is 5.63 Å². The minimum atomic E-state index is -0.471. The summed E-state index contributed by atoms with van der Waals surface area (Å²) in [4.78, 5) is 29.2. The lowest BCUT2D eigenvalue weighted by molar-refractivity contribution is -0.120. The molecule has 0 amide bonds. The SMILES string of the molecule is Cn1oc(=O)c2c1N=C1CCC(=O)C1C2c1ccc(Cl)c(Cl)c1. The summed E-state index contributed by atoms with van der Waals surface area (Å²) in [7, 11) is 1.63. The van der Waals surface area contributed by atoms with Crippen LogP contribution in [0.3, 0.4) is 0 Å². The first-order valence-electron chi connectivity index (χ1n) is 7.22. The molecule has 0 bridgehead atoms. The largest absolute Gasteiger partial charge is 0.363 e. The molecule has 1 fully saturated rings. The van der Waals surface area contributed by atoms with Gasteiger partial charge in [-0.05, 0) is 24.1 Å². The zero-order valence-electron chi connectivity index (χ0n) is 12.2. The number of halogens is 2. The van der Waals surface area contributed by atoms with Crippen molar-refractivity contribution >= 4 is 40.5 Å². The van der Waals surface area contributed by atoms with Crippen LogP contribution in [0.2, 0.25) is 10.0 Å². The van der Waals surface area contributed by atoms with Gasteiger partial charge < -0.3 is 4.52 Å². The van der Waals surface area contributed by atoms with Gasteiger partial charge in [0.2, 0.25) is 0 Å². The van der Waals surface area contributed by atoms with Gasteiger partial charge in [-0.15, -0.1) is 0 Å². The lowest BCUT2D eigenvalue weighted by Gasteiger charge is -2.26. The van der Waals surface area contributed by atoms with Crippen molar-refractivity contribution in [2.45, 2.75) is 18.8 Å². The van der Waals surface area contributed by atoms with E-state index in [1.807, 2.05) is 0 Å². The second-order valence-electron chi connectivity index (χ2n) is 5.81. The van der Waals surface area contributed by atoms with Crippen molar-refractivity contribution in [2.75, 3.05) is 0 Å². The van der Waals surface area contributed by atoms with Crippen LogP contribution in [0.25, 0.3) is 0 Å². The Morgan fingerprint density at radius 3 is 2.70 bits per heavy atom. The number of carbonyl (C=O) groups excluding carboxylic acids is 1. The van der Waals surface area contributed by atoms with E-state index in [1.165, 1.54) is 4.74 Å². The molecule has 1 aromatic heterocycles. The van der Waals surface area contributed by atoms with Crippen LogP contribution < -0.4 is 5.63 Å². The van der Waals surface area contributed by atoms with Crippen LogP contribution in [-0.4, -0.2) is 16.2 Å². The summed E-state index contributed by atoms with van der Waals surface area (Å²) >= 11 is 12.1. The summed E-state index contributed by atoms with van der Waals surface area (Å²) in [5.41, 5.74) is 1.51. The van der Waals surface area contributed by atoms with Crippen LogP contribution in [0.4, 0.5) is 5.82 Å². The normalized spacial score (nSPS) is 22.7. The van der Waals surface area contributed by atoms with Gasteiger partial charge in [0.15, 0.2) is 5.82 Å². The lowest BCUT2D eigenvalue weighted by Crippen LogP contribution is -2.29. The standard InChI is InChI=1S/C16H12Cl2N2O3/c1-20-15-14(16(22)23-20)12(7-2-3-8(17)9(18)6-7)13-10(19-15)4-5-11(13)21/h2-3,6,12-13H,4-5H2,1H3. The van der Waals surface area contributed by atoms with Crippen molar-refractivity contribution < 1.29 is 9.32 Å². The smallest absolute Gasteiger partial charge is 0.334 e. The quantitative estimate of drug-likeness (QED) is 0.790. The lowest BCUT2D eigenvalue weighted by atomic mass is 9.78. The number of hydrogen-bond donors (Lipinski definition) is 0. The Bertz CT molecular complexity index is 926. The zero-order chi connectivity index (χ0) is 16.3. The number of hydrogen-bond acceptors (Lipinski definition) is 4. The Morgan fingerprint density at radius 1 is 1.17 bits per heavy atom. The van der Waals surface area contributed by atoms with Crippen LogP contribution >= 0.6 is 23.2 Å². The van der Waals surface area contributed by atoms with Gasteiger partial charge in [0, 0.05) is 25.1 Å². The first-order chi connectivity index (χ1) is 11.0. The number of aliphatic imine (C=N–C) groups is 1. The summed E-state index contributed by atoms with van der Waals surface area (Å²) in [6.45, 7) is 0. The molecule has 0 N–H and O–H groups in total. The number of benzene rings is 1. The third-order valence-electron chi connectivity index (χ3n) is 4.51. The van der Waals surface area contributed by atoms with E-state index in [0.717, 1.165) is 11.3 Å². The molecule has 4 rings (SSSR count). The van der Waals surface area contributed by atoms with Gasteiger partial charge in [0.25, 0.3) is 0 Å². The molecule has 5 nitrogen and oxygen atoms in total. The molecule has 2 aromatic rings. The zero-order valence-corrected chi connectivity index (χ0v) is 13.7. The van der Waals surface area contributed by atoms with Gasteiger partial charge in [-0.25, -0.2) is 9.79 Å². The topological polar surface area (TPSA) is 64.6 Å². The molecule has 1 saturated carbocycles. The predicted octanol–water partition coefficient (Wildman–Crippen LogP) is 3.48. The van der Waals surface area contributed by atoms with Gasteiger partial charge in [0.05, 0.1) is 21.5 Å². The van der Waals surface area contributed by atoms with Gasteiger partial charge in [0.1, 0.15) is 5.78 Å². The van der Waals surface area contributed by atoms with E-state index in [9.17, 15) is 9.59 Å². The summed E-state index contributed by atoms with van der Waals surface area (Å²) in [5.74, 6) is -0.287. The number of carbonyl (C=O) groups is 1. The fraction of sp³-hybridized carbons (Fsp3) is 0.312. The summed E-state index contributed by atoms with van der Waals surface area (Å²) in [5, 5.41) is 0.818. The molecule has 2 heterocycles. The first-order valence-corrected chi connectivity index (χ1v) is 7.98. The molecular formula is C16H12Cl2N2O3.